The molecular weight excluding hydrogens is 386 g/mol. The molecule has 0 bridgehead atoms. The molecule has 3 rings (SSSR count). The number of aromatic nitrogens is 1. The summed E-state index contributed by atoms with van der Waals surface area (Å²) >= 11 is 3.44. The predicted octanol–water partition coefficient (Wildman–Crippen LogP) is 4.43. The zero-order valence-electron chi connectivity index (χ0n) is 13.5. The molecule has 1 unspecified atom stereocenters. The number of hydrogen-bond donors (Lipinski definition) is 1. The summed E-state index contributed by atoms with van der Waals surface area (Å²) in [5.41, 5.74) is 1.69. The van der Waals surface area contributed by atoms with Gasteiger partial charge in [0.25, 0.3) is 0 Å². The highest BCUT2D eigenvalue weighted by Gasteiger charge is 2.12. The van der Waals surface area contributed by atoms with E-state index in [1.807, 2.05) is 30.3 Å². The van der Waals surface area contributed by atoms with Crippen molar-refractivity contribution >= 4 is 32.8 Å². The van der Waals surface area contributed by atoms with E-state index in [9.17, 15) is 4.79 Å². The van der Waals surface area contributed by atoms with E-state index in [0.717, 1.165) is 21.1 Å². The van der Waals surface area contributed by atoms with Gasteiger partial charge in [0.1, 0.15) is 18.1 Å². The molecule has 128 valence electrons. The Morgan fingerprint density at radius 3 is 2.72 bits per heavy atom. The van der Waals surface area contributed by atoms with Crippen LogP contribution < -0.4 is 9.47 Å². The highest BCUT2D eigenvalue weighted by molar-refractivity contribution is 9.10. The van der Waals surface area contributed by atoms with Crippen LogP contribution in [-0.4, -0.2) is 22.2 Å². The molecule has 0 saturated heterocycles. The number of halogens is 1. The van der Waals surface area contributed by atoms with Crippen LogP contribution in [0.3, 0.4) is 0 Å². The Bertz CT molecular complexity index is 913. The van der Waals surface area contributed by atoms with E-state index in [2.05, 4.69) is 20.9 Å². The molecule has 5 nitrogen and oxygen atoms in total. The number of nitrogens with zero attached hydrogens (tertiary/aromatic N) is 1. The van der Waals surface area contributed by atoms with E-state index in [1.165, 1.54) is 6.92 Å². The van der Waals surface area contributed by atoms with E-state index in [1.54, 1.807) is 24.3 Å². The summed E-state index contributed by atoms with van der Waals surface area (Å²) in [6, 6.07) is 16.8. The number of pyridine rings is 1. The van der Waals surface area contributed by atoms with Crippen LogP contribution in [0.4, 0.5) is 0 Å². The van der Waals surface area contributed by atoms with Gasteiger partial charge in [-0.15, -0.1) is 0 Å². The number of ether oxygens (including phenoxy) is 2. The molecule has 1 N–H and O–H groups in total. The van der Waals surface area contributed by atoms with Crippen LogP contribution in [0.1, 0.15) is 12.6 Å². The van der Waals surface area contributed by atoms with Crippen molar-refractivity contribution in [2.24, 2.45) is 0 Å². The zero-order valence-corrected chi connectivity index (χ0v) is 15.1. The molecule has 0 radical (unpaired) electrons. The highest BCUT2D eigenvalue weighted by Crippen LogP contribution is 2.22. The number of carboxylic acid groups (broad SMARTS) is 1. The minimum absolute atomic E-state index is 0.306. The highest BCUT2D eigenvalue weighted by atomic mass is 79.9. The third-order valence-corrected chi connectivity index (χ3v) is 4.06. The average Bonchev–Trinajstić information content (AvgIpc) is 2.59. The molecule has 0 saturated carbocycles. The Balaban J connectivity index is 1.70. The molecule has 0 aliphatic rings. The molecule has 0 fully saturated rings. The summed E-state index contributed by atoms with van der Waals surface area (Å²) in [6.07, 6.45) is -0.921. The van der Waals surface area contributed by atoms with Gasteiger partial charge in [0.15, 0.2) is 6.10 Å². The van der Waals surface area contributed by atoms with Gasteiger partial charge in [-0.25, -0.2) is 9.78 Å². The lowest BCUT2D eigenvalue weighted by Gasteiger charge is -2.12. The summed E-state index contributed by atoms with van der Waals surface area (Å²) in [5, 5.41) is 9.96. The van der Waals surface area contributed by atoms with Gasteiger partial charge < -0.3 is 14.6 Å². The fourth-order valence-corrected chi connectivity index (χ4v) is 2.61. The molecule has 6 heteroatoms. The lowest BCUT2D eigenvalue weighted by molar-refractivity contribution is -0.144. The largest absolute Gasteiger partial charge is 0.487 e. The van der Waals surface area contributed by atoms with Crippen LogP contribution in [0.15, 0.2) is 59.1 Å². The van der Waals surface area contributed by atoms with Crippen LogP contribution in [0.25, 0.3) is 10.9 Å². The number of aliphatic carboxylic acids is 1. The maximum absolute atomic E-state index is 10.9. The van der Waals surface area contributed by atoms with E-state index >= 15 is 0 Å². The Hall–Kier alpha value is -2.60. The number of fused-ring (bicyclic) bond motifs is 1. The van der Waals surface area contributed by atoms with Gasteiger partial charge in [0, 0.05) is 15.9 Å². The van der Waals surface area contributed by atoms with Crippen LogP contribution in [0.2, 0.25) is 0 Å². The lowest BCUT2D eigenvalue weighted by Crippen LogP contribution is -2.22. The monoisotopic (exact) mass is 401 g/mol. The Morgan fingerprint density at radius 2 is 1.92 bits per heavy atom. The van der Waals surface area contributed by atoms with Gasteiger partial charge in [0.2, 0.25) is 0 Å². The summed E-state index contributed by atoms with van der Waals surface area (Å²) in [5.74, 6) is 0.0203. The predicted molar refractivity (Wildman–Crippen MR) is 97.9 cm³/mol. The van der Waals surface area contributed by atoms with Crippen molar-refractivity contribution in [2.75, 3.05) is 0 Å². The van der Waals surface area contributed by atoms with E-state index in [-0.39, 0.29) is 0 Å². The van der Waals surface area contributed by atoms with Gasteiger partial charge in [0.05, 0.1) is 11.2 Å². The van der Waals surface area contributed by atoms with E-state index in [4.69, 9.17) is 14.6 Å². The third-order valence-electron chi connectivity index (χ3n) is 3.56. The molecule has 1 aromatic heterocycles. The van der Waals surface area contributed by atoms with E-state index in [0.29, 0.717) is 18.1 Å². The first-order valence-corrected chi connectivity index (χ1v) is 8.48. The summed E-state index contributed by atoms with van der Waals surface area (Å²) in [7, 11) is 0. The normalized spacial score (nSPS) is 11.9. The maximum Gasteiger partial charge on any atom is 0.344 e. The topological polar surface area (TPSA) is 68.7 Å². The molecule has 1 heterocycles. The van der Waals surface area contributed by atoms with Crippen molar-refractivity contribution in [3.63, 3.8) is 0 Å². The molecule has 2 aromatic carbocycles. The van der Waals surface area contributed by atoms with Crippen LogP contribution in [0.5, 0.6) is 11.5 Å². The molecule has 0 aliphatic carbocycles. The summed E-state index contributed by atoms with van der Waals surface area (Å²) in [6.45, 7) is 1.79. The van der Waals surface area contributed by atoms with E-state index < -0.39 is 12.1 Å². The maximum atomic E-state index is 10.9. The summed E-state index contributed by atoms with van der Waals surface area (Å²) in [4.78, 5) is 15.4. The Labute approximate surface area is 153 Å². The van der Waals surface area contributed by atoms with Crippen molar-refractivity contribution in [1.82, 2.24) is 4.98 Å². The molecule has 25 heavy (non-hydrogen) atoms. The number of carbonyl (C=O) groups is 1. The molecule has 0 spiro atoms. The van der Waals surface area contributed by atoms with Gasteiger partial charge in [-0.1, -0.05) is 34.1 Å². The molecular formula is C19H16BrNO4. The SMILES string of the molecule is CC(Oc1cccc(OCc2ccc3ccc(Br)cc3n2)c1)C(=O)O. The standard InChI is InChI=1S/C19H16BrNO4/c1-12(19(22)23)25-17-4-2-3-16(10-17)24-11-15-8-6-13-5-7-14(20)9-18(13)21-15/h2-10,12H,11H2,1H3,(H,22,23). The van der Waals surface area contributed by atoms with Crippen LogP contribution in [0, 0.1) is 0 Å². The van der Waals surface area contributed by atoms with Crippen molar-refractivity contribution < 1.29 is 19.4 Å². The zero-order chi connectivity index (χ0) is 17.8. The second kappa shape index (κ2) is 7.53. The number of rotatable bonds is 6. The van der Waals surface area contributed by atoms with Gasteiger partial charge in [-0.05, 0) is 37.3 Å². The van der Waals surface area contributed by atoms with Gasteiger partial charge in [-0.2, -0.15) is 0 Å². The summed E-state index contributed by atoms with van der Waals surface area (Å²) < 4.78 is 12.1. The fourth-order valence-electron chi connectivity index (χ4n) is 2.26. The second-order valence-corrected chi connectivity index (χ2v) is 6.42. The minimum atomic E-state index is -1.02. The quantitative estimate of drug-likeness (QED) is 0.661. The van der Waals surface area contributed by atoms with Gasteiger partial charge in [-0.3, -0.25) is 0 Å². The molecule has 1 atom stereocenters. The van der Waals surface area contributed by atoms with Crippen LogP contribution in [-0.2, 0) is 11.4 Å². The number of carboxylic acids is 1. The fraction of sp³-hybridized carbons (Fsp3) is 0.158. The molecule has 3 aromatic rings. The minimum Gasteiger partial charge on any atom is -0.487 e. The second-order valence-electron chi connectivity index (χ2n) is 5.50. The van der Waals surface area contributed by atoms with Gasteiger partial charge >= 0.3 is 5.97 Å². The molecule has 0 amide bonds. The smallest absolute Gasteiger partial charge is 0.344 e. The third kappa shape index (κ3) is 4.48. The van der Waals surface area contributed by atoms with Crippen molar-refractivity contribution in [3.8, 4) is 11.5 Å². The molecule has 0 aliphatic heterocycles. The Morgan fingerprint density at radius 1 is 1.16 bits per heavy atom. The van der Waals surface area contributed by atoms with Crippen molar-refractivity contribution in [1.29, 1.82) is 0 Å². The Kier molecular flexibility index (Phi) is 5.19. The number of hydrogen-bond acceptors (Lipinski definition) is 4. The van der Waals surface area contributed by atoms with Crippen molar-refractivity contribution in [3.05, 3.63) is 64.8 Å². The lowest BCUT2D eigenvalue weighted by atomic mass is 10.2. The number of benzene rings is 2. The first-order valence-electron chi connectivity index (χ1n) is 7.69. The first-order chi connectivity index (χ1) is 12.0. The average molecular weight is 402 g/mol. The van der Waals surface area contributed by atoms with Crippen LogP contribution >= 0.6 is 15.9 Å². The first kappa shape index (κ1) is 17.2. The van der Waals surface area contributed by atoms with Crippen molar-refractivity contribution in [2.45, 2.75) is 19.6 Å².